The number of benzene rings is 2. The van der Waals surface area contributed by atoms with Crippen LogP contribution in [-0.4, -0.2) is 12.6 Å². The quantitative estimate of drug-likeness (QED) is 0.440. The van der Waals surface area contributed by atoms with Gasteiger partial charge in [-0.3, -0.25) is 4.79 Å². The number of ether oxygens (including phenoxy) is 1. The molecule has 1 N–H and O–H groups in total. The average Bonchev–Trinajstić information content (AvgIpc) is 2.77. The van der Waals surface area contributed by atoms with Crippen LogP contribution < -0.4 is 5.32 Å². The Kier molecular flexibility index (Phi) is 7.31. The van der Waals surface area contributed by atoms with Crippen LogP contribution in [-0.2, 0) is 15.7 Å². The topological polar surface area (TPSA) is 62.1 Å². The molecule has 2 atom stereocenters. The lowest BCUT2D eigenvalue weighted by atomic mass is 9.74. The fourth-order valence-electron chi connectivity index (χ4n) is 3.68. The van der Waals surface area contributed by atoms with Gasteiger partial charge >= 0.3 is 12.1 Å². The first-order valence-corrected chi connectivity index (χ1v) is 10.8. The van der Waals surface area contributed by atoms with Crippen molar-refractivity contribution in [1.82, 2.24) is 5.32 Å². The van der Waals surface area contributed by atoms with Crippen molar-refractivity contribution in [2.75, 3.05) is 6.61 Å². The SMILES string of the molecule is CCOC(=O)[C@@H]1/C(=C/Sc2ccccc2)NC(C)=C(C#N)[C@H]1c1ccccc1C(F)(F)F. The third-order valence-corrected chi connectivity index (χ3v) is 5.96. The molecule has 4 nitrogen and oxygen atoms in total. The normalized spacial score (nSPS) is 19.9. The molecule has 0 unspecified atom stereocenters. The van der Waals surface area contributed by atoms with E-state index in [2.05, 4.69) is 5.32 Å². The largest absolute Gasteiger partial charge is 0.465 e. The summed E-state index contributed by atoms with van der Waals surface area (Å²) in [6.45, 7) is 3.30. The first-order chi connectivity index (χ1) is 15.3. The van der Waals surface area contributed by atoms with Crippen molar-refractivity contribution in [3.8, 4) is 6.07 Å². The van der Waals surface area contributed by atoms with Crippen LogP contribution in [0.5, 0.6) is 0 Å². The van der Waals surface area contributed by atoms with E-state index in [1.165, 1.54) is 30.0 Å². The van der Waals surface area contributed by atoms with Crippen molar-refractivity contribution in [1.29, 1.82) is 5.26 Å². The van der Waals surface area contributed by atoms with E-state index >= 15 is 0 Å². The third kappa shape index (κ3) is 5.00. The summed E-state index contributed by atoms with van der Waals surface area (Å²) in [6, 6.07) is 16.4. The number of alkyl halides is 3. The molecular formula is C24H21F3N2O2S. The molecule has 3 rings (SSSR count). The minimum Gasteiger partial charge on any atom is -0.465 e. The van der Waals surface area contributed by atoms with Gasteiger partial charge in [-0.2, -0.15) is 18.4 Å². The highest BCUT2D eigenvalue weighted by Gasteiger charge is 2.45. The molecular weight excluding hydrogens is 437 g/mol. The molecule has 2 aromatic carbocycles. The maximum Gasteiger partial charge on any atom is 0.416 e. The van der Waals surface area contributed by atoms with Gasteiger partial charge in [0.15, 0.2) is 0 Å². The molecule has 0 amide bonds. The molecule has 0 fully saturated rings. The Morgan fingerprint density at radius 2 is 1.84 bits per heavy atom. The predicted molar refractivity (Wildman–Crippen MR) is 116 cm³/mol. The van der Waals surface area contributed by atoms with Crippen LogP contribution in [0.4, 0.5) is 13.2 Å². The molecule has 1 heterocycles. The fraction of sp³-hybridized carbons (Fsp3) is 0.250. The molecule has 2 aromatic rings. The Labute approximate surface area is 188 Å². The Hall–Kier alpha value is -3.18. The second-order valence-electron chi connectivity index (χ2n) is 7.07. The number of nitrogens with zero attached hydrogens (tertiary/aromatic N) is 1. The highest BCUT2D eigenvalue weighted by atomic mass is 32.2. The Morgan fingerprint density at radius 1 is 1.19 bits per heavy atom. The number of carbonyl (C=O) groups excluding carboxylic acids is 1. The summed E-state index contributed by atoms with van der Waals surface area (Å²) in [4.78, 5) is 13.9. The summed E-state index contributed by atoms with van der Waals surface area (Å²) in [6.07, 6.45) is -4.64. The Balaban J connectivity index is 2.19. The van der Waals surface area contributed by atoms with Gasteiger partial charge in [-0.15, -0.1) is 0 Å². The number of carbonyl (C=O) groups is 1. The second kappa shape index (κ2) is 9.96. The molecule has 0 aromatic heterocycles. The van der Waals surface area contributed by atoms with E-state index in [4.69, 9.17) is 4.74 Å². The molecule has 32 heavy (non-hydrogen) atoms. The van der Waals surface area contributed by atoms with Crippen molar-refractivity contribution in [3.63, 3.8) is 0 Å². The summed E-state index contributed by atoms with van der Waals surface area (Å²) in [5.74, 6) is -2.96. The van der Waals surface area contributed by atoms with Crippen LogP contribution >= 0.6 is 11.8 Å². The molecule has 0 saturated carbocycles. The van der Waals surface area contributed by atoms with Crippen molar-refractivity contribution >= 4 is 17.7 Å². The smallest absolute Gasteiger partial charge is 0.416 e. The van der Waals surface area contributed by atoms with Gasteiger partial charge < -0.3 is 10.1 Å². The van der Waals surface area contributed by atoms with Gasteiger partial charge in [0, 0.05) is 22.2 Å². The van der Waals surface area contributed by atoms with Crippen LogP contribution in [0.25, 0.3) is 0 Å². The van der Waals surface area contributed by atoms with Gasteiger partial charge in [0.05, 0.1) is 23.8 Å². The van der Waals surface area contributed by atoms with Gasteiger partial charge in [-0.25, -0.2) is 0 Å². The van der Waals surface area contributed by atoms with Crippen LogP contribution in [0.15, 0.2) is 81.9 Å². The van der Waals surface area contributed by atoms with Crippen LogP contribution in [0.2, 0.25) is 0 Å². The molecule has 0 saturated heterocycles. The third-order valence-electron chi connectivity index (χ3n) is 5.04. The van der Waals surface area contributed by atoms with E-state index in [-0.39, 0.29) is 17.7 Å². The van der Waals surface area contributed by atoms with Gasteiger partial charge in [0.2, 0.25) is 0 Å². The molecule has 0 bridgehead atoms. The van der Waals surface area contributed by atoms with Crippen molar-refractivity contribution in [3.05, 3.63) is 88.1 Å². The molecule has 166 valence electrons. The number of nitrogens with one attached hydrogen (secondary N) is 1. The van der Waals surface area contributed by atoms with E-state index < -0.39 is 29.5 Å². The zero-order valence-corrected chi connectivity index (χ0v) is 18.3. The lowest BCUT2D eigenvalue weighted by molar-refractivity contribution is -0.148. The van der Waals surface area contributed by atoms with Gasteiger partial charge in [-0.1, -0.05) is 48.2 Å². The minimum absolute atomic E-state index is 0.0622. The fourth-order valence-corrected chi connectivity index (χ4v) is 4.47. The van der Waals surface area contributed by atoms with Gasteiger partial charge in [0.1, 0.15) is 5.92 Å². The number of hydrogen-bond acceptors (Lipinski definition) is 5. The summed E-state index contributed by atoms with van der Waals surface area (Å²) in [7, 11) is 0. The molecule has 1 aliphatic heterocycles. The van der Waals surface area contributed by atoms with E-state index in [0.29, 0.717) is 11.4 Å². The van der Waals surface area contributed by atoms with Crippen LogP contribution in [0.3, 0.4) is 0 Å². The number of nitriles is 1. The lowest BCUT2D eigenvalue weighted by Crippen LogP contribution is -2.38. The Bertz CT molecular complexity index is 1090. The maximum atomic E-state index is 13.8. The van der Waals surface area contributed by atoms with Crippen molar-refractivity contribution in [2.24, 2.45) is 5.92 Å². The highest BCUT2D eigenvalue weighted by Crippen LogP contribution is 2.46. The van der Waals surface area contributed by atoms with Crippen LogP contribution in [0.1, 0.15) is 30.9 Å². The molecule has 0 radical (unpaired) electrons. The van der Waals surface area contributed by atoms with Crippen molar-refractivity contribution in [2.45, 2.75) is 30.8 Å². The zero-order chi connectivity index (χ0) is 23.3. The number of halogens is 3. The molecule has 0 aliphatic carbocycles. The van der Waals surface area contributed by atoms with E-state index in [0.717, 1.165) is 11.0 Å². The Morgan fingerprint density at radius 3 is 2.47 bits per heavy atom. The predicted octanol–water partition coefficient (Wildman–Crippen LogP) is 6.00. The van der Waals surface area contributed by atoms with E-state index in [1.54, 1.807) is 19.3 Å². The summed E-state index contributed by atoms with van der Waals surface area (Å²) in [5.41, 5.74) is -0.157. The molecule has 1 aliphatic rings. The molecule has 8 heteroatoms. The van der Waals surface area contributed by atoms with Gasteiger partial charge in [0.25, 0.3) is 0 Å². The van der Waals surface area contributed by atoms with E-state index in [1.807, 2.05) is 36.4 Å². The number of rotatable bonds is 5. The number of allylic oxidation sites excluding steroid dienone is 2. The molecule has 0 spiro atoms. The van der Waals surface area contributed by atoms with Crippen molar-refractivity contribution < 1.29 is 22.7 Å². The number of hydrogen-bond donors (Lipinski definition) is 1. The highest BCUT2D eigenvalue weighted by molar-refractivity contribution is 8.02. The average molecular weight is 459 g/mol. The number of esters is 1. The maximum absolute atomic E-state index is 13.8. The summed E-state index contributed by atoms with van der Waals surface area (Å²) < 4.78 is 46.7. The monoisotopic (exact) mass is 458 g/mol. The minimum atomic E-state index is -4.64. The first kappa shape index (κ1) is 23.5. The lowest BCUT2D eigenvalue weighted by Gasteiger charge is -2.35. The van der Waals surface area contributed by atoms with Crippen LogP contribution in [0, 0.1) is 17.2 Å². The van der Waals surface area contributed by atoms with Gasteiger partial charge in [-0.05, 0) is 43.0 Å². The summed E-state index contributed by atoms with van der Waals surface area (Å²) in [5, 5.41) is 14.5. The number of thioether (sulfide) groups is 1. The van der Waals surface area contributed by atoms with E-state index in [9.17, 15) is 23.2 Å². The standard InChI is InChI=1S/C24H21F3N2O2S/c1-3-31-23(30)22-20(14-32-16-9-5-4-6-10-16)29-15(2)18(13-28)21(22)17-11-7-8-12-19(17)24(25,26)27/h4-12,14,21-22,29H,3H2,1-2H3/b20-14-/t21-,22-/m1/s1. The summed E-state index contributed by atoms with van der Waals surface area (Å²) >= 11 is 1.32. The second-order valence-corrected chi connectivity index (χ2v) is 8.01. The zero-order valence-electron chi connectivity index (χ0n) is 17.4. The first-order valence-electron chi connectivity index (χ1n) is 9.90.